The predicted octanol–water partition coefficient (Wildman–Crippen LogP) is 0.448. The van der Waals surface area contributed by atoms with Gasteiger partial charge in [0.05, 0.1) is 11.5 Å². The van der Waals surface area contributed by atoms with E-state index in [1.165, 1.54) is 12.4 Å². The fourth-order valence-corrected chi connectivity index (χ4v) is 3.54. The molecule has 0 bridgehead atoms. The third-order valence-corrected chi connectivity index (χ3v) is 5.37. The smallest absolute Gasteiger partial charge is 0.345 e. The highest BCUT2D eigenvalue weighted by atomic mass is 32.2. The number of carboxylic acid groups (broad SMARTS) is 1. The summed E-state index contributed by atoms with van der Waals surface area (Å²) in [5.41, 5.74) is 0. The third kappa shape index (κ3) is 2.83. The SMILES string of the molecule is CC(CO)N(C)S(=O)(=O)c1csc(C(=O)O)c1. The summed E-state index contributed by atoms with van der Waals surface area (Å²) < 4.78 is 25.0. The van der Waals surface area contributed by atoms with Crippen molar-refractivity contribution in [1.29, 1.82) is 0 Å². The van der Waals surface area contributed by atoms with Crippen LogP contribution in [0.5, 0.6) is 0 Å². The van der Waals surface area contributed by atoms with Crippen molar-refractivity contribution in [1.82, 2.24) is 4.31 Å². The summed E-state index contributed by atoms with van der Waals surface area (Å²) in [5.74, 6) is -1.16. The Hall–Kier alpha value is -0.960. The van der Waals surface area contributed by atoms with Gasteiger partial charge in [0.15, 0.2) is 0 Å². The van der Waals surface area contributed by atoms with Gasteiger partial charge in [-0.25, -0.2) is 13.2 Å². The number of aliphatic hydroxyl groups is 1. The number of rotatable bonds is 5. The zero-order valence-electron chi connectivity index (χ0n) is 9.32. The van der Waals surface area contributed by atoms with Gasteiger partial charge in [0.2, 0.25) is 10.0 Å². The molecule has 1 unspecified atom stereocenters. The minimum atomic E-state index is -3.74. The largest absolute Gasteiger partial charge is 0.477 e. The molecule has 0 spiro atoms. The molecule has 0 radical (unpaired) electrons. The van der Waals surface area contributed by atoms with Crippen LogP contribution in [-0.2, 0) is 10.0 Å². The van der Waals surface area contributed by atoms with Gasteiger partial charge >= 0.3 is 5.97 Å². The van der Waals surface area contributed by atoms with E-state index in [-0.39, 0.29) is 16.4 Å². The van der Waals surface area contributed by atoms with Crippen molar-refractivity contribution < 1.29 is 23.4 Å². The summed E-state index contributed by atoms with van der Waals surface area (Å²) >= 11 is 0.853. The second kappa shape index (κ2) is 5.13. The van der Waals surface area contributed by atoms with Crippen LogP contribution in [0.25, 0.3) is 0 Å². The van der Waals surface area contributed by atoms with Crippen molar-refractivity contribution in [3.05, 3.63) is 16.3 Å². The second-order valence-electron chi connectivity index (χ2n) is 3.50. The molecule has 6 nitrogen and oxygen atoms in total. The molecule has 0 aliphatic rings. The number of hydrogen-bond donors (Lipinski definition) is 2. The van der Waals surface area contributed by atoms with Crippen molar-refractivity contribution in [2.75, 3.05) is 13.7 Å². The zero-order chi connectivity index (χ0) is 13.2. The summed E-state index contributed by atoms with van der Waals surface area (Å²) in [6.07, 6.45) is 0. The first kappa shape index (κ1) is 14.1. The lowest BCUT2D eigenvalue weighted by Gasteiger charge is -2.21. The van der Waals surface area contributed by atoms with E-state index in [4.69, 9.17) is 10.2 Å². The molecule has 0 fully saturated rings. The van der Waals surface area contributed by atoms with Crippen molar-refractivity contribution in [2.45, 2.75) is 17.9 Å². The van der Waals surface area contributed by atoms with Crippen LogP contribution in [-0.4, -0.2) is 48.6 Å². The van der Waals surface area contributed by atoms with Crippen molar-refractivity contribution in [3.63, 3.8) is 0 Å². The number of carbonyl (C=O) groups is 1. The summed E-state index contributed by atoms with van der Waals surface area (Å²) in [6, 6.07) is 0.552. The molecule has 0 aliphatic heterocycles. The molecule has 8 heteroatoms. The Labute approximate surface area is 103 Å². The molecule has 1 aromatic rings. The number of carboxylic acids is 1. The molecule has 1 heterocycles. The molecular weight excluding hydrogens is 266 g/mol. The van der Waals surface area contributed by atoms with Gasteiger partial charge in [-0.15, -0.1) is 11.3 Å². The molecular formula is C9H13NO5S2. The molecule has 0 aromatic carbocycles. The number of sulfonamides is 1. The van der Waals surface area contributed by atoms with E-state index < -0.39 is 22.0 Å². The average molecular weight is 279 g/mol. The van der Waals surface area contributed by atoms with Gasteiger partial charge in [0, 0.05) is 18.5 Å². The first-order valence-corrected chi connectivity index (χ1v) is 7.03. The molecule has 1 aromatic heterocycles. The van der Waals surface area contributed by atoms with Crippen molar-refractivity contribution >= 4 is 27.3 Å². The Morgan fingerprint density at radius 1 is 1.59 bits per heavy atom. The van der Waals surface area contributed by atoms with Crippen LogP contribution in [0.2, 0.25) is 0 Å². The van der Waals surface area contributed by atoms with Gasteiger partial charge in [0.25, 0.3) is 0 Å². The topological polar surface area (TPSA) is 94.9 Å². The van der Waals surface area contributed by atoms with E-state index in [1.54, 1.807) is 6.92 Å². The van der Waals surface area contributed by atoms with E-state index in [0.717, 1.165) is 21.7 Å². The lowest BCUT2D eigenvalue weighted by atomic mass is 10.4. The first-order chi connectivity index (χ1) is 7.80. The normalized spacial score (nSPS) is 13.9. The fraction of sp³-hybridized carbons (Fsp3) is 0.444. The average Bonchev–Trinajstić information content (AvgIpc) is 2.76. The minimum Gasteiger partial charge on any atom is -0.477 e. The van der Waals surface area contributed by atoms with Crippen LogP contribution in [0.1, 0.15) is 16.6 Å². The highest BCUT2D eigenvalue weighted by Crippen LogP contribution is 2.23. The van der Waals surface area contributed by atoms with Crippen LogP contribution in [0, 0.1) is 0 Å². The lowest BCUT2D eigenvalue weighted by molar-refractivity contribution is 0.0702. The molecule has 0 saturated heterocycles. The van der Waals surface area contributed by atoms with E-state index in [2.05, 4.69) is 0 Å². The molecule has 1 rings (SSSR count). The summed E-state index contributed by atoms with van der Waals surface area (Å²) in [4.78, 5) is 10.6. The Bertz CT molecular complexity index is 507. The zero-order valence-corrected chi connectivity index (χ0v) is 11.0. The van der Waals surface area contributed by atoms with Crippen LogP contribution in [0.15, 0.2) is 16.3 Å². The van der Waals surface area contributed by atoms with E-state index in [0.29, 0.717) is 0 Å². The minimum absolute atomic E-state index is 0.0337. The lowest BCUT2D eigenvalue weighted by Crippen LogP contribution is -2.37. The maximum Gasteiger partial charge on any atom is 0.345 e. The van der Waals surface area contributed by atoms with Gasteiger partial charge < -0.3 is 10.2 Å². The maximum absolute atomic E-state index is 12.0. The summed E-state index contributed by atoms with van der Waals surface area (Å²) in [5, 5.41) is 18.9. The quantitative estimate of drug-likeness (QED) is 0.816. The van der Waals surface area contributed by atoms with Crippen LogP contribution in [0.3, 0.4) is 0 Å². The van der Waals surface area contributed by atoms with Crippen molar-refractivity contribution in [3.8, 4) is 0 Å². The summed E-state index contributed by atoms with van der Waals surface area (Å²) in [7, 11) is -2.40. The number of aromatic carboxylic acids is 1. The van der Waals surface area contributed by atoms with Crippen LogP contribution < -0.4 is 0 Å². The monoisotopic (exact) mass is 279 g/mol. The first-order valence-electron chi connectivity index (χ1n) is 4.71. The van der Waals surface area contributed by atoms with E-state index in [9.17, 15) is 13.2 Å². The number of thiophene rings is 1. The third-order valence-electron chi connectivity index (χ3n) is 2.35. The number of aliphatic hydroxyl groups excluding tert-OH is 1. The van der Waals surface area contributed by atoms with Crippen LogP contribution in [0.4, 0.5) is 0 Å². The van der Waals surface area contributed by atoms with Gasteiger partial charge in [-0.1, -0.05) is 0 Å². The standard InChI is InChI=1S/C9H13NO5S2/c1-6(4-11)10(2)17(14,15)7-3-8(9(12)13)16-5-7/h3,5-6,11H,4H2,1-2H3,(H,12,13). The highest BCUT2D eigenvalue weighted by molar-refractivity contribution is 7.89. The Morgan fingerprint density at radius 2 is 2.18 bits per heavy atom. The van der Waals surface area contributed by atoms with Gasteiger partial charge in [-0.3, -0.25) is 0 Å². The Morgan fingerprint density at radius 3 is 2.59 bits per heavy atom. The molecule has 0 aliphatic carbocycles. The number of hydrogen-bond acceptors (Lipinski definition) is 5. The molecule has 1 atom stereocenters. The number of nitrogens with zero attached hydrogens (tertiary/aromatic N) is 1. The fourth-order valence-electron chi connectivity index (χ4n) is 1.08. The highest BCUT2D eigenvalue weighted by Gasteiger charge is 2.26. The number of likely N-dealkylation sites (N-methyl/N-ethyl adjacent to an activating group) is 1. The van der Waals surface area contributed by atoms with E-state index >= 15 is 0 Å². The Kier molecular flexibility index (Phi) is 4.26. The predicted molar refractivity (Wildman–Crippen MR) is 62.8 cm³/mol. The molecule has 2 N–H and O–H groups in total. The second-order valence-corrected chi connectivity index (χ2v) is 6.41. The summed E-state index contributed by atoms with van der Waals surface area (Å²) in [6.45, 7) is 1.26. The molecule has 0 saturated carbocycles. The molecule has 17 heavy (non-hydrogen) atoms. The van der Waals surface area contributed by atoms with E-state index in [1.807, 2.05) is 0 Å². The van der Waals surface area contributed by atoms with Gasteiger partial charge in [0.1, 0.15) is 4.88 Å². The van der Waals surface area contributed by atoms with Gasteiger partial charge in [-0.2, -0.15) is 4.31 Å². The Balaban J connectivity index is 3.09. The van der Waals surface area contributed by atoms with Gasteiger partial charge in [-0.05, 0) is 13.0 Å². The van der Waals surface area contributed by atoms with Crippen molar-refractivity contribution in [2.24, 2.45) is 0 Å². The molecule has 0 amide bonds. The molecule has 96 valence electrons. The maximum atomic E-state index is 12.0. The van der Waals surface area contributed by atoms with Crippen LogP contribution >= 0.6 is 11.3 Å².